The summed E-state index contributed by atoms with van der Waals surface area (Å²) in [6.45, 7) is 10.4. The lowest BCUT2D eigenvalue weighted by Crippen LogP contribution is -2.59. The molecule has 0 bridgehead atoms. The highest BCUT2D eigenvalue weighted by atomic mass is 16.5. The molecule has 0 aromatic carbocycles. The first-order chi connectivity index (χ1) is 14.3. The summed E-state index contributed by atoms with van der Waals surface area (Å²) in [5, 5.41) is 0. The van der Waals surface area contributed by atoms with E-state index in [0.717, 1.165) is 32.1 Å². The van der Waals surface area contributed by atoms with Gasteiger partial charge in [-0.15, -0.1) is 6.58 Å². The first-order valence-corrected chi connectivity index (χ1v) is 12.2. The minimum absolute atomic E-state index is 0.00100. The van der Waals surface area contributed by atoms with Crippen molar-refractivity contribution in [3.05, 3.63) is 12.7 Å². The van der Waals surface area contributed by atoms with Crippen LogP contribution in [0.2, 0.25) is 0 Å². The Hall–Kier alpha value is -1.32. The van der Waals surface area contributed by atoms with Crippen LogP contribution in [-0.2, 0) is 19.1 Å². The predicted octanol–water partition coefficient (Wildman–Crippen LogP) is 5.55. The summed E-state index contributed by atoms with van der Waals surface area (Å²) in [4.78, 5) is 24.9. The number of hydrogen-bond donors (Lipinski definition) is 0. The van der Waals surface area contributed by atoms with Crippen LogP contribution in [0.25, 0.3) is 0 Å². The maximum absolute atomic E-state index is 13.4. The van der Waals surface area contributed by atoms with Gasteiger partial charge in [-0.1, -0.05) is 19.9 Å². The maximum Gasteiger partial charge on any atom is 0.312 e. The standard InChI is InChI=1S/C26H40O4/c1-6-16(2)21-9-10-22-20-8-7-18-15-19(30-17(3)27)11-14-26(18,24(28)29-5)23(20)12-13-25(21,22)4/h6,16,18-23H,1,7-15H2,2-5H3/t16-,18?,19?,20+,21-,22+,23+,25-,26-/m1/s1. The van der Waals surface area contributed by atoms with Gasteiger partial charge in [0.25, 0.3) is 0 Å². The number of methoxy groups -OCH3 is 1. The molecule has 30 heavy (non-hydrogen) atoms. The Bertz CT molecular complexity index is 701. The molecule has 4 rings (SSSR count). The van der Waals surface area contributed by atoms with Crippen molar-refractivity contribution in [1.82, 2.24) is 0 Å². The number of hydrogen-bond acceptors (Lipinski definition) is 4. The summed E-state index contributed by atoms with van der Waals surface area (Å²) in [6, 6.07) is 0. The molecular formula is C26H40O4. The lowest BCUT2D eigenvalue weighted by Gasteiger charge is -2.60. The van der Waals surface area contributed by atoms with Crippen LogP contribution in [0.3, 0.4) is 0 Å². The predicted molar refractivity (Wildman–Crippen MR) is 116 cm³/mol. The van der Waals surface area contributed by atoms with Crippen molar-refractivity contribution in [2.24, 2.45) is 46.3 Å². The summed E-state index contributed by atoms with van der Waals surface area (Å²) in [5.74, 6) is 3.08. The maximum atomic E-state index is 13.4. The summed E-state index contributed by atoms with van der Waals surface area (Å²) in [6.07, 6.45) is 11.7. The minimum atomic E-state index is -0.377. The summed E-state index contributed by atoms with van der Waals surface area (Å²) in [5.41, 5.74) is -0.00829. The van der Waals surface area contributed by atoms with Crippen molar-refractivity contribution in [1.29, 1.82) is 0 Å². The molecule has 168 valence electrons. The zero-order valence-electron chi connectivity index (χ0n) is 19.3. The molecule has 0 radical (unpaired) electrons. The Morgan fingerprint density at radius 2 is 1.83 bits per heavy atom. The Labute approximate surface area is 182 Å². The van der Waals surface area contributed by atoms with Crippen LogP contribution >= 0.6 is 0 Å². The molecule has 4 heteroatoms. The van der Waals surface area contributed by atoms with Gasteiger partial charge in [-0.05, 0) is 98.7 Å². The van der Waals surface area contributed by atoms with Gasteiger partial charge < -0.3 is 9.47 Å². The van der Waals surface area contributed by atoms with Crippen LogP contribution in [0, 0.1) is 46.3 Å². The van der Waals surface area contributed by atoms with Gasteiger partial charge in [0.1, 0.15) is 6.10 Å². The second-order valence-electron chi connectivity index (χ2n) is 11.0. The van der Waals surface area contributed by atoms with Gasteiger partial charge in [-0.2, -0.15) is 0 Å². The molecule has 0 heterocycles. The monoisotopic (exact) mass is 416 g/mol. The number of esters is 2. The number of allylic oxidation sites excluding steroid dienone is 1. The van der Waals surface area contributed by atoms with Gasteiger partial charge in [0.05, 0.1) is 12.5 Å². The largest absolute Gasteiger partial charge is 0.469 e. The van der Waals surface area contributed by atoms with E-state index in [-0.39, 0.29) is 29.4 Å². The van der Waals surface area contributed by atoms with Gasteiger partial charge in [0, 0.05) is 6.92 Å². The molecular weight excluding hydrogens is 376 g/mol. The van der Waals surface area contributed by atoms with E-state index < -0.39 is 0 Å². The molecule has 0 aliphatic heterocycles. The van der Waals surface area contributed by atoms with Crippen molar-refractivity contribution in [2.75, 3.05) is 7.11 Å². The second kappa shape index (κ2) is 7.98. The molecule has 2 unspecified atom stereocenters. The van der Waals surface area contributed by atoms with Gasteiger partial charge in [0.15, 0.2) is 0 Å². The lowest BCUT2D eigenvalue weighted by atomic mass is 9.44. The van der Waals surface area contributed by atoms with E-state index in [9.17, 15) is 9.59 Å². The van der Waals surface area contributed by atoms with E-state index in [0.29, 0.717) is 35.0 Å². The molecule has 9 atom stereocenters. The Balaban J connectivity index is 1.63. The molecule has 4 aliphatic carbocycles. The first-order valence-electron chi connectivity index (χ1n) is 12.2. The number of rotatable bonds is 4. The van der Waals surface area contributed by atoms with Crippen molar-refractivity contribution in [3.8, 4) is 0 Å². The zero-order valence-corrected chi connectivity index (χ0v) is 19.3. The van der Waals surface area contributed by atoms with E-state index >= 15 is 0 Å². The quantitative estimate of drug-likeness (QED) is 0.445. The zero-order chi connectivity index (χ0) is 21.7. The van der Waals surface area contributed by atoms with Crippen LogP contribution < -0.4 is 0 Å². The fourth-order valence-corrected chi connectivity index (χ4v) is 8.86. The topological polar surface area (TPSA) is 52.6 Å². The third-order valence-electron chi connectivity index (χ3n) is 10.1. The smallest absolute Gasteiger partial charge is 0.312 e. The van der Waals surface area contributed by atoms with Gasteiger partial charge in [0.2, 0.25) is 0 Å². The molecule has 0 spiro atoms. The summed E-state index contributed by atoms with van der Waals surface area (Å²) < 4.78 is 11.0. The first kappa shape index (κ1) is 21.9. The van der Waals surface area contributed by atoms with Crippen LogP contribution in [0.15, 0.2) is 12.7 Å². The molecule has 0 saturated heterocycles. The van der Waals surface area contributed by atoms with E-state index in [4.69, 9.17) is 9.47 Å². The third-order valence-corrected chi connectivity index (χ3v) is 10.1. The minimum Gasteiger partial charge on any atom is -0.469 e. The average molecular weight is 417 g/mol. The Morgan fingerprint density at radius 1 is 1.07 bits per heavy atom. The highest BCUT2D eigenvalue weighted by Crippen LogP contribution is 2.68. The highest BCUT2D eigenvalue weighted by molar-refractivity contribution is 5.78. The molecule has 4 nitrogen and oxygen atoms in total. The van der Waals surface area contributed by atoms with Crippen molar-refractivity contribution in [2.45, 2.75) is 84.7 Å². The molecule has 4 fully saturated rings. The van der Waals surface area contributed by atoms with Gasteiger partial charge in [-0.25, -0.2) is 0 Å². The van der Waals surface area contributed by atoms with Crippen molar-refractivity contribution in [3.63, 3.8) is 0 Å². The van der Waals surface area contributed by atoms with Gasteiger partial charge >= 0.3 is 11.9 Å². The summed E-state index contributed by atoms with van der Waals surface area (Å²) in [7, 11) is 1.56. The third kappa shape index (κ3) is 3.15. The molecule has 0 N–H and O–H groups in total. The SMILES string of the molecule is C=C[C@@H](C)[C@H]1CC[C@H]2[C@@H]3CCC4CC(OC(C)=O)CC[C@]4(C(=O)OC)[C@H]3CC[C@]12C. The van der Waals surface area contributed by atoms with Crippen LogP contribution in [0.5, 0.6) is 0 Å². The lowest BCUT2D eigenvalue weighted by molar-refractivity contribution is -0.190. The van der Waals surface area contributed by atoms with Crippen molar-refractivity contribution < 1.29 is 19.1 Å². The fraction of sp³-hybridized carbons (Fsp3) is 0.846. The van der Waals surface area contributed by atoms with Gasteiger partial charge in [-0.3, -0.25) is 9.59 Å². The highest BCUT2D eigenvalue weighted by Gasteiger charge is 2.64. The number of ether oxygens (including phenoxy) is 2. The molecule has 0 aromatic heterocycles. The molecule has 4 saturated carbocycles. The van der Waals surface area contributed by atoms with E-state index in [1.165, 1.54) is 32.6 Å². The molecule has 4 aliphatic rings. The van der Waals surface area contributed by atoms with Crippen LogP contribution in [-0.4, -0.2) is 25.2 Å². The average Bonchev–Trinajstić information content (AvgIpc) is 3.09. The second-order valence-corrected chi connectivity index (χ2v) is 11.0. The number of carbonyl (C=O) groups excluding carboxylic acids is 2. The van der Waals surface area contributed by atoms with E-state index in [1.54, 1.807) is 7.11 Å². The van der Waals surface area contributed by atoms with E-state index in [2.05, 4.69) is 26.5 Å². The number of fused-ring (bicyclic) bond motifs is 5. The normalized spacial score (nSPS) is 46.0. The number of carbonyl (C=O) groups is 2. The van der Waals surface area contributed by atoms with Crippen LogP contribution in [0.1, 0.15) is 78.6 Å². The molecule has 0 aromatic rings. The van der Waals surface area contributed by atoms with Crippen LogP contribution in [0.4, 0.5) is 0 Å². The Kier molecular flexibility index (Phi) is 5.83. The molecule has 0 amide bonds. The Morgan fingerprint density at radius 3 is 2.50 bits per heavy atom. The van der Waals surface area contributed by atoms with E-state index in [1.807, 2.05) is 0 Å². The van der Waals surface area contributed by atoms with Crippen molar-refractivity contribution >= 4 is 11.9 Å². The fourth-order valence-electron chi connectivity index (χ4n) is 8.86. The summed E-state index contributed by atoms with van der Waals surface area (Å²) >= 11 is 0.